The maximum Gasteiger partial charge on any atom is 0.337 e. The van der Waals surface area contributed by atoms with Crippen LogP contribution in [0.3, 0.4) is 0 Å². The van der Waals surface area contributed by atoms with E-state index in [0.29, 0.717) is 5.57 Å². The highest BCUT2D eigenvalue weighted by atomic mass is 16.4. The van der Waals surface area contributed by atoms with Gasteiger partial charge >= 0.3 is 5.97 Å². The van der Waals surface area contributed by atoms with Crippen molar-refractivity contribution in [2.45, 2.75) is 13.0 Å². The standard InChI is InChI=1S/C11H11NO2/c1-7-8-4-2-3-5-9(8)10(6-12-7)11(13)14/h2-7,12H,1H3,(H,13,14). The van der Waals surface area contributed by atoms with Gasteiger partial charge in [-0.15, -0.1) is 0 Å². The Kier molecular flexibility index (Phi) is 2.00. The molecule has 2 N–H and O–H groups in total. The maximum atomic E-state index is 10.9. The third-order valence-electron chi connectivity index (χ3n) is 2.43. The molecule has 72 valence electrons. The van der Waals surface area contributed by atoms with Gasteiger partial charge in [-0.05, 0) is 18.1 Å². The van der Waals surface area contributed by atoms with E-state index in [9.17, 15) is 4.79 Å². The highest BCUT2D eigenvalue weighted by Crippen LogP contribution is 2.28. The Bertz CT molecular complexity index is 410. The molecule has 0 saturated carbocycles. The van der Waals surface area contributed by atoms with Gasteiger partial charge in [-0.1, -0.05) is 24.3 Å². The van der Waals surface area contributed by atoms with E-state index in [2.05, 4.69) is 5.32 Å². The van der Waals surface area contributed by atoms with Gasteiger partial charge in [0.25, 0.3) is 0 Å². The molecule has 1 aliphatic rings. The van der Waals surface area contributed by atoms with E-state index in [4.69, 9.17) is 5.11 Å². The molecule has 0 radical (unpaired) electrons. The predicted octanol–water partition coefficient (Wildman–Crippen LogP) is 1.78. The molecular weight excluding hydrogens is 178 g/mol. The first-order chi connectivity index (χ1) is 6.70. The van der Waals surface area contributed by atoms with Crippen LogP contribution in [0.15, 0.2) is 30.5 Å². The highest BCUT2D eigenvalue weighted by Gasteiger charge is 2.20. The van der Waals surface area contributed by atoms with Crippen molar-refractivity contribution in [2.75, 3.05) is 0 Å². The summed E-state index contributed by atoms with van der Waals surface area (Å²) in [5.74, 6) is -0.892. The van der Waals surface area contributed by atoms with E-state index in [1.165, 1.54) is 0 Å². The third kappa shape index (κ3) is 1.27. The summed E-state index contributed by atoms with van der Waals surface area (Å²) in [6.45, 7) is 2.01. The van der Waals surface area contributed by atoms with Crippen LogP contribution in [-0.4, -0.2) is 11.1 Å². The minimum atomic E-state index is -0.892. The fourth-order valence-corrected chi connectivity index (χ4v) is 1.67. The number of carboxylic acids is 1. The number of carbonyl (C=O) groups is 1. The van der Waals surface area contributed by atoms with Crippen LogP contribution in [-0.2, 0) is 4.79 Å². The summed E-state index contributed by atoms with van der Waals surface area (Å²) in [5, 5.41) is 12.0. The molecular formula is C11H11NO2. The molecule has 1 aromatic carbocycles. The Morgan fingerprint density at radius 2 is 2.14 bits per heavy atom. The van der Waals surface area contributed by atoms with Gasteiger partial charge in [0.1, 0.15) is 0 Å². The molecule has 0 fully saturated rings. The van der Waals surface area contributed by atoms with Crippen molar-refractivity contribution >= 4 is 11.5 Å². The van der Waals surface area contributed by atoms with E-state index in [0.717, 1.165) is 11.1 Å². The van der Waals surface area contributed by atoms with Crippen molar-refractivity contribution in [3.05, 3.63) is 41.6 Å². The Balaban J connectivity index is 2.56. The lowest BCUT2D eigenvalue weighted by molar-refractivity contribution is -0.130. The van der Waals surface area contributed by atoms with Gasteiger partial charge in [0, 0.05) is 12.2 Å². The van der Waals surface area contributed by atoms with E-state index in [1.54, 1.807) is 6.20 Å². The number of carboxylic acid groups (broad SMARTS) is 1. The largest absolute Gasteiger partial charge is 0.478 e. The first-order valence-corrected chi connectivity index (χ1v) is 4.49. The van der Waals surface area contributed by atoms with Crippen molar-refractivity contribution in [1.29, 1.82) is 0 Å². The maximum absolute atomic E-state index is 10.9. The second-order valence-electron chi connectivity index (χ2n) is 3.34. The minimum absolute atomic E-state index is 0.175. The summed E-state index contributed by atoms with van der Waals surface area (Å²) >= 11 is 0. The number of benzene rings is 1. The monoisotopic (exact) mass is 189 g/mol. The van der Waals surface area contributed by atoms with Crippen LogP contribution in [0.2, 0.25) is 0 Å². The molecule has 3 nitrogen and oxygen atoms in total. The van der Waals surface area contributed by atoms with Crippen molar-refractivity contribution < 1.29 is 9.90 Å². The van der Waals surface area contributed by atoms with Gasteiger partial charge in [-0.3, -0.25) is 0 Å². The zero-order valence-electron chi connectivity index (χ0n) is 7.82. The van der Waals surface area contributed by atoms with Gasteiger partial charge in [-0.2, -0.15) is 0 Å². The molecule has 1 unspecified atom stereocenters. The Morgan fingerprint density at radius 1 is 1.43 bits per heavy atom. The van der Waals surface area contributed by atoms with Gasteiger partial charge in [-0.25, -0.2) is 4.79 Å². The van der Waals surface area contributed by atoms with E-state index in [1.807, 2.05) is 31.2 Å². The summed E-state index contributed by atoms with van der Waals surface area (Å²) in [7, 11) is 0. The lowest BCUT2D eigenvalue weighted by Gasteiger charge is -2.22. The molecule has 0 aliphatic carbocycles. The van der Waals surface area contributed by atoms with E-state index in [-0.39, 0.29) is 6.04 Å². The summed E-state index contributed by atoms with van der Waals surface area (Å²) < 4.78 is 0. The van der Waals surface area contributed by atoms with Gasteiger partial charge in [0.15, 0.2) is 0 Å². The van der Waals surface area contributed by atoms with Crippen LogP contribution in [0.5, 0.6) is 0 Å². The smallest absolute Gasteiger partial charge is 0.337 e. The lowest BCUT2D eigenvalue weighted by Crippen LogP contribution is -2.21. The van der Waals surface area contributed by atoms with Crippen molar-refractivity contribution in [1.82, 2.24) is 5.32 Å². The van der Waals surface area contributed by atoms with Crippen LogP contribution in [0.25, 0.3) is 5.57 Å². The Hall–Kier alpha value is -1.77. The topological polar surface area (TPSA) is 49.3 Å². The third-order valence-corrected chi connectivity index (χ3v) is 2.43. The summed E-state index contributed by atoms with van der Waals surface area (Å²) in [5.41, 5.74) is 2.18. The highest BCUT2D eigenvalue weighted by molar-refractivity contribution is 6.16. The van der Waals surface area contributed by atoms with Crippen LogP contribution in [0.1, 0.15) is 24.1 Å². The number of nitrogens with one attached hydrogen (secondary N) is 1. The molecule has 0 aromatic heterocycles. The summed E-state index contributed by atoms with van der Waals surface area (Å²) in [6, 6.07) is 7.74. The van der Waals surface area contributed by atoms with E-state index >= 15 is 0 Å². The number of fused-ring (bicyclic) bond motifs is 1. The average Bonchev–Trinajstić information content (AvgIpc) is 2.18. The van der Waals surface area contributed by atoms with Crippen LogP contribution >= 0.6 is 0 Å². The van der Waals surface area contributed by atoms with Crippen LogP contribution < -0.4 is 5.32 Å². The second kappa shape index (κ2) is 3.18. The first kappa shape index (κ1) is 8.81. The number of rotatable bonds is 1. The molecule has 1 aromatic rings. The molecule has 0 amide bonds. The average molecular weight is 189 g/mol. The molecule has 1 heterocycles. The zero-order chi connectivity index (χ0) is 10.1. The first-order valence-electron chi connectivity index (χ1n) is 4.49. The molecule has 2 rings (SSSR count). The zero-order valence-corrected chi connectivity index (χ0v) is 7.82. The SMILES string of the molecule is CC1NC=C(C(=O)O)c2ccccc21. The van der Waals surface area contributed by atoms with Crippen molar-refractivity contribution in [3.63, 3.8) is 0 Å². The number of hydrogen-bond donors (Lipinski definition) is 2. The molecule has 0 spiro atoms. The van der Waals surface area contributed by atoms with Crippen LogP contribution in [0, 0.1) is 0 Å². The Morgan fingerprint density at radius 3 is 2.86 bits per heavy atom. The number of aliphatic carboxylic acids is 1. The second-order valence-corrected chi connectivity index (χ2v) is 3.34. The predicted molar refractivity (Wildman–Crippen MR) is 53.6 cm³/mol. The lowest BCUT2D eigenvalue weighted by atomic mass is 9.93. The molecule has 3 heteroatoms. The minimum Gasteiger partial charge on any atom is -0.478 e. The summed E-state index contributed by atoms with van der Waals surface area (Å²) in [6.07, 6.45) is 1.56. The Labute approximate surface area is 82.1 Å². The summed E-state index contributed by atoms with van der Waals surface area (Å²) in [4.78, 5) is 10.9. The molecule has 0 saturated heterocycles. The fraction of sp³-hybridized carbons (Fsp3) is 0.182. The molecule has 14 heavy (non-hydrogen) atoms. The molecule has 1 atom stereocenters. The van der Waals surface area contributed by atoms with Gasteiger partial charge < -0.3 is 10.4 Å². The molecule has 1 aliphatic heterocycles. The molecule has 0 bridgehead atoms. The normalized spacial score (nSPS) is 19.2. The number of hydrogen-bond acceptors (Lipinski definition) is 2. The van der Waals surface area contributed by atoms with Crippen molar-refractivity contribution in [3.8, 4) is 0 Å². The quantitative estimate of drug-likeness (QED) is 0.708. The van der Waals surface area contributed by atoms with Crippen LogP contribution in [0.4, 0.5) is 0 Å². The van der Waals surface area contributed by atoms with E-state index < -0.39 is 5.97 Å². The fourth-order valence-electron chi connectivity index (χ4n) is 1.67. The van der Waals surface area contributed by atoms with Gasteiger partial charge in [0.05, 0.1) is 5.57 Å². The van der Waals surface area contributed by atoms with Gasteiger partial charge in [0.2, 0.25) is 0 Å². The van der Waals surface area contributed by atoms with Crippen molar-refractivity contribution in [2.24, 2.45) is 0 Å².